The van der Waals surface area contributed by atoms with Crippen LogP contribution < -0.4 is 0 Å². The van der Waals surface area contributed by atoms with Crippen molar-refractivity contribution in [1.82, 2.24) is 9.80 Å². The summed E-state index contributed by atoms with van der Waals surface area (Å²) in [4.78, 5) is 15.5. The fourth-order valence-corrected chi connectivity index (χ4v) is 1.98. The van der Waals surface area contributed by atoms with E-state index in [1.807, 2.05) is 25.1 Å². The normalized spacial score (nSPS) is 17.4. The van der Waals surface area contributed by atoms with Crippen molar-refractivity contribution >= 4 is 33.6 Å². The molecule has 6 heteroatoms. The predicted molar refractivity (Wildman–Crippen MR) is 70.3 cm³/mol. The molecule has 1 heterocycles. The van der Waals surface area contributed by atoms with Crippen LogP contribution in [0.2, 0.25) is 0 Å². The minimum Gasteiger partial charge on any atom is -0.360 e. The van der Waals surface area contributed by atoms with Gasteiger partial charge >= 0.3 is 0 Å². The van der Waals surface area contributed by atoms with Gasteiger partial charge in [0.25, 0.3) is 5.91 Å². The van der Waals surface area contributed by atoms with E-state index in [2.05, 4.69) is 15.9 Å². The average Bonchev–Trinajstić information content (AvgIpc) is 2.28. The molecule has 0 spiro atoms. The molecule has 0 unspecified atom stereocenters. The quantitative estimate of drug-likeness (QED) is 0.571. The summed E-state index contributed by atoms with van der Waals surface area (Å²) in [5.74, 6) is 0.991. The summed E-state index contributed by atoms with van der Waals surface area (Å²) in [5.41, 5.74) is 0.724. The van der Waals surface area contributed by atoms with Crippen LogP contribution in [0.25, 0.3) is 0 Å². The third-order valence-corrected chi connectivity index (χ3v) is 4.09. The zero-order valence-corrected chi connectivity index (χ0v) is 12.2. The highest BCUT2D eigenvalue weighted by molar-refractivity contribution is 9.11. The van der Waals surface area contributed by atoms with Crippen LogP contribution in [-0.4, -0.2) is 54.8 Å². The van der Waals surface area contributed by atoms with E-state index in [1.54, 1.807) is 16.7 Å². The number of halogens is 1. The Bertz CT molecular complexity index is 297. The van der Waals surface area contributed by atoms with E-state index < -0.39 is 0 Å². The van der Waals surface area contributed by atoms with Gasteiger partial charge in [0, 0.05) is 18.4 Å². The van der Waals surface area contributed by atoms with Crippen molar-refractivity contribution in [3.8, 4) is 0 Å². The Morgan fingerprint density at radius 3 is 2.88 bits per heavy atom. The van der Waals surface area contributed by atoms with Crippen LogP contribution in [0.15, 0.2) is 10.2 Å². The molecule has 0 aliphatic carbocycles. The maximum absolute atomic E-state index is 11.9. The minimum absolute atomic E-state index is 0.0362. The number of hydrogen-bond donors (Lipinski definition) is 0. The maximum atomic E-state index is 11.9. The second-order valence-electron chi connectivity index (χ2n) is 3.63. The van der Waals surface area contributed by atoms with Crippen molar-refractivity contribution in [1.29, 1.82) is 0 Å². The summed E-state index contributed by atoms with van der Waals surface area (Å²) < 4.78 is 6.29. The highest BCUT2D eigenvalue weighted by Crippen LogP contribution is 2.22. The topological polar surface area (TPSA) is 32.8 Å². The highest BCUT2D eigenvalue weighted by atomic mass is 79.9. The lowest BCUT2D eigenvalue weighted by molar-refractivity contribution is -0.136. The lowest BCUT2D eigenvalue weighted by Crippen LogP contribution is -2.45. The van der Waals surface area contributed by atoms with Crippen LogP contribution in [0.1, 0.15) is 6.92 Å². The van der Waals surface area contributed by atoms with Crippen molar-refractivity contribution in [2.24, 2.45) is 0 Å². The van der Waals surface area contributed by atoms with Crippen molar-refractivity contribution in [3.63, 3.8) is 0 Å². The molecule has 92 valence electrons. The summed E-state index contributed by atoms with van der Waals surface area (Å²) >= 11 is 5.13. The molecule has 0 fully saturated rings. The molecule has 1 rings (SSSR count). The Labute approximate surface area is 109 Å². The molecule has 16 heavy (non-hydrogen) atoms. The van der Waals surface area contributed by atoms with E-state index in [1.165, 1.54) is 0 Å². The molecule has 0 aromatic rings. The van der Waals surface area contributed by atoms with Gasteiger partial charge in [0.05, 0.1) is 17.9 Å². The van der Waals surface area contributed by atoms with Crippen LogP contribution in [-0.2, 0) is 9.53 Å². The van der Waals surface area contributed by atoms with Crippen molar-refractivity contribution < 1.29 is 9.53 Å². The summed E-state index contributed by atoms with van der Waals surface area (Å²) in [6.45, 7) is 3.42. The SMILES string of the molecule is CSCCOCN1CN(C)C(Br)=C(C)C1=O. The number of nitrogens with zero attached hydrogens (tertiary/aromatic N) is 2. The monoisotopic (exact) mass is 308 g/mol. The van der Waals surface area contributed by atoms with E-state index in [0.29, 0.717) is 20.0 Å². The van der Waals surface area contributed by atoms with E-state index in [9.17, 15) is 4.79 Å². The van der Waals surface area contributed by atoms with Gasteiger partial charge in [-0.05, 0) is 29.1 Å². The van der Waals surface area contributed by atoms with Crippen molar-refractivity contribution in [2.75, 3.05) is 39.1 Å². The zero-order valence-electron chi connectivity index (χ0n) is 9.83. The Morgan fingerprint density at radius 2 is 2.25 bits per heavy atom. The third kappa shape index (κ3) is 3.40. The van der Waals surface area contributed by atoms with Gasteiger partial charge in [-0.3, -0.25) is 9.69 Å². The highest BCUT2D eigenvalue weighted by Gasteiger charge is 2.25. The zero-order chi connectivity index (χ0) is 12.1. The van der Waals surface area contributed by atoms with Gasteiger partial charge in [-0.15, -0.1) is 0 Å². The third-order valence-electron chi connectivity index (χ3n) is 2.31. The number of carbonyl (C=O) groups excluding carboxylic acids is 1. The molecule has 4 nitrogen and oxygen atoms in total. The second-order valence-corrected chi connectivity index (χ2v) is 5.37. The maximum Gasteiger partial charge on any atom is 0.255 e. The number of hydrogen-bond acceptors (Lipinski definition) is 4. The number of rotatable bonds is 5. The summed E-state index contributed by atoms with van der Waals surface area (Å²) in [5, 5.41) is 0. The van der Waals surface area contributed by atoms with Gasteiger partial charge in [0.15, 0.2) is 0 Å². The van der Waals surface area contributed by atoms with Gasteiger partial charge in [0.1, 0.15) is 6.73 Å². The molecule has 1 aliphatic heterocycles. The summed E-state index contributed by atoms with van der Waals surface area (Å²) in [7, 11) is 1.94. The molecular formula is C10H17BrN2O2S. The van der Waals surface area contributed by atoms with Gasteiger partial charge in [-0.25, -0.2) is 0 Å². The molecule has 0 bridgehead atoms. The fraction of sp³-hybridized carbons (Fsp3) is 0.700. The van der Waals surface area contributed by atoms with Crippen LogP contribution >= 0.6 is 27.7 Å². The Hall–Kier alpha value is -0.200. The smallest absolute Gasteiger partial charge is 0.255 e. The Balaban J connectivity index is 2.48. The molecule has 0 aromatic heterocycles. The van der Waals surface area contributed by atoms with E-state index in [4.69, 9.17) is 4.74 Å². The van der Waals surface area contributed by atoms with Crippen molar-refractivity contribution in [3.05, 3.63) is 10.2 Å². The lowest BCUT2D eigenvalue weighted by Gasteiger charge is -2.34. The van der Waals surface area contributed by atoms with Crippen LogP contribution in [0.3, 0.4) is 0 Å². The first-order chi connectivity index (χ1) is 7.57. The Morgan fingerprint density at radius 1 is 1.56 bits per heavy atom. The van der Waals surface area contributed by atoms with Crippen LogP contribution in [0, 0.1) is 0 Å². The molecule has 1 amide bonds. The summed E-state index contributed by atoms with van der Waals surface area (Å²) in [6.07, 6.45) is 2.03. The molecule has 0 saturated carbocycles. The molecule has 0 saturated heterocycles. The second kappa shape index (κ2) is 6.51. The predicted octanol–water partition coefficient (Wildman–Crippen LogP) is 1.68. The first-order valence-corrected chi connectivity index (χ1v) is 7.20. The first-order valence-electron chi connectivity index (χ1n) is 5.01. The Kier molecular flexibility index (Phi) is 5.64. The molecule has 0 atom stereocenters. The first kappa shape index (κ1) is 13.9. The number of amides is 1. The van der Waals surface area contributed by atoms with Gasteiger partial charge in [-0.2, -0.15) is 11.8 Å². The molecule has 0 radical (unpaired) electrons. The lowest BCUT2D eigenvalue weighted by atomic mass is 10.2. The largest absolute Gasteiger partial charge is 0.360 e. The minimum atomic E-state index is 0.0362. The van der Waals surface area contributed by atoms with E-state index in [0.717, 1.165) is 15.9 Å². The number of thioether (sulfide) groups is 1. The molecule has 0 aromatic carbocycles. The van der Waals surface area contributed by atoms with Crippen molar-refractivity contribution in [2.45, 2.75) is 6.92 Å². The number of ether oxygens (including phenoxy) is 1. The van der Waals surface area contributed by atoms with E-state index >= 15 is 0 Å². The molecule has 1 aliphatic rings. The van der Waals surface area contributed by atoms with Gasteiger partial charge in [-0.1, -0.05) is 0 Å². The van der Waals surface area contributed by atoms with Gasteiger partial charge in [0.2, 0.25) is 0 Å². The summed E-state index contributed by atoms with van der Waals surface area (Å²) in [6, 6.07) is 0. The van der Waals surface area contributed by atoms with E-state index in [-0.39, 0.29) is 5.91 Å². The van der Waals surface area contributed by atoms with Crippen LogP contribution in [0.5, 0.6) is 0 Å². The average molecular weight is 309 g/mol. The standard InChI is InChI=1S/C10H17BrN2O2S/c1-8-9(11)12(2)6-13(10(8)14)7-15-4-5-16-3/h4-7H2,1-3H3. The van der Waals surface area contributed by atoms with Gasteiger partial charge < -0.3 is 9.64 Å². The fourth-order valence-electron chi connectivity index (χ4n) is 1.41. The molecular weight excluding hydrogens is 292 g/mol. The number of carbonyl (C=O) groups is 1. The van der Waals surface area contributed by atoms with Crippen LogP contribution in [0.4, 0.5) is 0 Å². The molecule has 0 N–H and O–H groups in total.